The van der Waals surface area contributed by atoms with Crippen LogP contribution in [0.3, 0.4) is 0 Å². The molecule has 2 rings (SSSR count). The van der Waals surface area contributed by atoms with Crippen molar-refractivity contribution in [2.45, 2.75) is 51.7 Å². The molecular weight excluding hydrogens is 416 g/mol. The molecule has 1 aliphatic rings. The number of aliphatic hydroxyl groups excluding tert-OH is 1. The van der Waals surface area contributed by atoms with Gasteiger partial charge in [0.25, 0.3) is 0 Å². The topological polar surface area (TPSA) is 72.8 Å². The molecule has 0 saturated carbocycles. The number of unbranched alkanes of at least 4 members (excludes halogenated alkanes) is 1. The molecule has 5 nitrogen and oxygen atoms in total. The van der Waals surface area contributed by atoms with Crippen LogP contribution in [0.15, 0.2) is 60.7 Å². The number of carbonyl (C=O) groups is 2. The molecule has 31 heavy (non-hydrogen) atoms. The first-order chi connectivity index (χ1) is 14.8. The Morgan fingerprint density at radius 2 is 2.10 bits per heavy atom. The number of rotatable bonds is 12. The van der Waals surface area contributed by atoms with Crippen molar-refractivity contribution in [2.75, 3.05) is 6.61 Å². The zero-order valence-corrected chi connectivity index (χ0v) is 18.8. The van der Waals surface area contributed by atoms with Crippen molar-refractivity contribution >= 4 is 23.4 Å². The fourth-order valence-corrected chi connectivity index (χ4v) is 3.40. The Kier molecular flexibility index (Phi) is 10.5. The number of aliphatic hydroxyl groups is 1. The normalized spacial score (nSPS) is 19.6. The SMILES string of the molecule is CC(C)OC(=O)CCC/C=C\C[C@H]1C(=O)C=C[C@@H]1/C=C/[C@@H](O)COc1cccc(Cl)c1. The van der Waals surface area contributed by atoms with E-state index in [2.05, 4.69) is 0 Å². The molecule has 1 aliphatic carbocycles. The molecule has 168 valence electrons. The number of carbonyl (C=O) groups excluding carboxylic acids is 2. The average molecular weight is 447 g/mol. The summed E-state index contributed by atoms with van der Waals surface area (Å²) in [6, 6.07) is 7.00. The first kappa shape index (κ1) is 24.9. The number of halogens is 1. The van der Waals surface area contributed by atoms with E-state index >= 15 is 0 Å². The van der Waals surface area contributed by atoms with Crippen molar-refractivity contribution in [1.29, 1.82) is 0 Å². The lowest BCUT2D eigenvalue weighted by Gasteiger charge is -2.14. The van der Waals surface area contributed by atoms with Gasteiger partial charge in [0, 0.05) is 23.3 Å². The molecule has 1 aromatic rings. The summed E-state index contributed by atoms with van der Waals surface area (Å²) < 4.78 is 10.6. The highest BCUT2D eigenvalue weighted by Crippen LogP contribution is 2.27. The van der Waals surface area contributed by atoms with Crippen molar-refractivity contribution in [3.63, 3.8) is 0 Å². The van der Waals surface area contributed by atoms with Gasteiger partial charge in [-0.05, 0) is 57.4 Å². The lowest BCUT2D eigenvalue weighted by atomic mass is 9.90. The van der Waals surface area contributed by atoms with Crippen LogP contribution in [0.5, 0.6) is 5.75 Å². The van der Waals surface area contributed by atoms with Crippen molar-refractivity contribution in [2.24, 2.45) is 11.8 Å². The second kappa shape index (κ2) is 13.1. The molecule has 0 spiro atoms. The Bertz CT molecular complexity index is 812. The van der Waals surface area contributed by atoms with Gasteiger partial charge in [0.1, 0.15) is 18.5 Å². The Balaban J connectivity index is 1.73. The minimum atomic E-state index is -0.787. The van der Waals surface area contributed by atoms with E-state index in [1.807, 2.05) is 38.2 Å². The van der Waals surface area contributed by atoms with Crippen LogP contribution in [0, 0.1) is 11.8 Å². The van der Waals surface area contributed by atoms with Gasteiger partial charge >= 0.3 is 5.97 Å². The molecule has 0 unspecified atom stereocenters. The Hall–Kier alpha value is -2.37. The van der Waals surface area contributed by atoms with Crippen LogP contribution in [-0.4, -0.2) is 35.7 Å². The summed E-state index contributed by atoms with van der Waals surface area (Å²) in [6.45, 7) is 3.77. The minimum Gasteiger partial charge on any atom is -0.491 e. The molecule has 0 saturated heterocycles. The zero-order chi connectivity index (χ0) is 22.6. The Morgan fingerprint density at radius 1 is 1.29 bits per heavy atom. The molecule has 0 aromatic heterocycles. The number of ketones is 1. The number of benzene rings is 1. The molecule has 1 N–H and O–H groups in total. The van der Waals surface area contributed by atoms with E-state index in [4.69, 9.17) is 21.1 Å². The van der Waals surface area contributed by atoms with Crippen LogP contribution in [0.2, 0.25) is 5.02 Å². The number of hydrogen-bond acceptors (Lipinski definition) is 5. The summed E-state index contributed by atoms with van der Waals surface area (Å²) in [7, 11) is 0. The van der Waals surface area contributed by atoms with E-state index in [-0.39, 0.29) is 36.3 Å². The molecule has 0 amide bonds. The smallest absolute Gasteiger partial charge is 0.306 e. The predicted octanol–water partition coefficient (Wildman–Crippen LogP) is 5.08. The van der Waals surface area contributed by atoms with Gasteiger partial charge in [-0.1, -0.05) is 48.0 Å². The summed E-state index contributed by atoms with van der Waals surface area (Å²) >= 11 is 5.92. The van der Waals surface area contributed by atoms with Gasteiger partial charge in [0.2, 0.25) is 0 Å². The zero-order valence-electron chi connectivity index (χ0n) is 18.1. The molecule has 0 aliphatic heterocycles. The summed E-state index contributed by atoms with van der Waals surface area (Å²) in [4.78, 5) is 23.7. The number of ether oxygens (including phenoxy) is 2. The van der Waals surface area contributed by atoms with Crippen LogP contribution in [0.25, 0.3) is 0 Å². The number of allylic oxidation sites excluding steroid dienone is 5. The maximum absolute atomic E-state index is 12.2. The fourth-order valence-electron chi connectivity index (χ4n) is 3.22. The van der Waals surface area contributed by atoms with Gasteiger partial charge < -0.3 is 14.6 Å². The van der Waals surface area contributed by atoms with Crippen molar-refractivity contribution < 1.29 is 24.2 Å². The lowest BCUT2D eigenvalue weighted by Crippen LogP contribution is -2.17. The molecular formula is C25H31ClO5. The van der Waals surface area contributed by atoms with Gasteiger partial charge in [0.05, 0.1) is 6.10 Å². The largest absolute Gasteiger partial charge is 0.491 e. The average Bonchev–Trinajstić information content (AvgIpc) is 3.06. The minimum absolute atomic E-state index is 0.0565. The van der Waals surface area contributed by atoms with Crippen LogP contribution in [-0.2, 0) is 14.3 Å². The molecule has 0 heterocycles. The van der Waals surface area contributed by atoms with Crippen molar-refractivity contribution in [1.82, 2.24) is 0 Å². The van der Waals surface area contributed by atoms with E-state index in [1.54, 1.807) is 36.4 Å². The third kappa shape index (κ3) is 9.53. The fraction of sp³-hybridized carbons (Fsp3) is 0.440. The predicted molar refractivity (Wildman–Crippen MR) is 122 cm³/mol. The summed E-state index contributed by atoms with van der Waals surface area (Å²) in [5.74, 6) is 0.279. The monoisotopic (exact) mass is 446 g/mol. The van der Waals surface area contributed by atoms with E-state index < -0.39 is 6.10 Å². The van der Waals surface area contributed by atoms with E-state index in [0.717, 1.165) is 12.8 Å². The van der Waals surface area contributed by atoms with Gasteiger partial charge in [-0.25, -0.2) is 0 Å². The van der Waals surface area contributed by atoms with Crippen molar-refractivity contribution in [3.8, 4) is 5.75 Å². The van der Waals surface area contributed by atoms with E-state index in [9.17, 15) is 14.7 Å². The van der Waals surface area contributed by atoms with Gasteiger partial charge in [0.15, 0.2) is 5.78 Å². The van der Waals surface area contributed by atoms with Crippen LogP contribution in [0.1, 0.15) is 39.5 Å². The number of hydrogen-bond donors (Lipinski definition) is 1. The highest BCUT2D eigenvalue weighted by atomic mass is 35.5. The molecule has 0 fully saturated rings. The first-order valence-electron chi connectivity index (χ1n) is 10.7. The second-order valence-corrected chi connectivity index (χ2v) is 8.24. The summed E-state index contributed by atoms with van der Waals surface area (Å²) in [6.07, 6.45) is 12.6. The summed E-state index contributed by atoms with van der Waals surface area (Å²) in [5, 5.41) is 10.7. The lowest BCUT2D eigenvalue weighted by molar-refractivity contribution is -0.147. The molecule has 0 radical (unpaired) electrons. The third-order valence-corrected chi connectivity index (χ3v) is 5.00. The molecule has 3 atom stereocenters. The van der Waals surface area contributed by atoms with Crippen molar-refractivity contribution in [3.05, 3.63) is 65.7 Å². The third-order valence-electron chi connectivity index (χ3n) is 4.76. The number of esters is 1. The van der Waals surface area contributed by atoms with Crippen LogP contribution < -0.4 is 4.74 Å². The van der Waals surface area contributed by atoms with E-state index in [1.165, 1.54) is 0 Å². The molecule has 6 heteroatoms. The van der Waals surface area contributed by atoms with Gasteiger partial charge in [-0.15, -0.1) is 0 Å². The molecule has 0 bridgehead atoms. The maximum Gasteiger partial charge on any atom is 0.306 e. The summed E-state index contributed by atoms with van der Waals surface area (Å²) in [5.41, 5.74) is 0. The Labute approximate surface area is 189 Å². The highest BCUT2D eigenvalue weighted by molar-refractivity contribution is 6.30. The molecule has 1 aromatic carbocycles. The quantitative estimate of drug-likeness (QED) is 0.275. The van der Waals surface area contributed by atoms with E-state index in [0.29, 0.717) is 23.6 Å². The first-order valence-corrected chi connectivity index (χ1v) is 11.0. The maximum atomic E-state index is 12.2. The Morgan fingerprint density at radius 3 is 2.84 bits per heavy atom. The second-order valence-electron chi connectivity index (χ2n) is 7.80. The van der Waals surface area contributed by atoms with Gasteiger partial charge in [-0.2, -0.15) is 0 Å². The van der Waals surface area contributed by atoms with Gasteiger partial charge in [-0.3, -0.25) is 9.59 Å². The highest BCUT2D eigenvalue weighted by Gasteiger charge is 2.27. The standard InChI is InChI=1S/C25H31ClO5/c1-18(2)31-25(29)11-6-4-3-5-10-23-19(13-15-24(23)28)12-14-21(27)17-30-22-9-7-8-20(26)16-22/h3,5,7-9,12-16,18-19,21,23,27H,4,6,10-11,17H2,1-2H3/b5-3-,14-12+/t19-,21+,23+/m0/s1. The van der Waals surface area contributed by atoms with Crippen LogP contribution >= 0.6 is 11.6 Å². The van der Waals surface area contributed by atoms with Crippen LogP contribution in [0.4, 0.5) is 0 Å².